The highest BCUT2D eigenvalue weighted by Crippen LogP contribution is 2.30. The number of ether oxygens (including phenoxy) is 2. The van der Waals surface area contributed by atoms with Crippen LogP contribution in [0.15, 0.2) is 36.5 Å². The molecule has 1 amide bonds. The normalized spacial score (nSPS) is 19.0. The van der Waals surface area contributed by atoms with Crippen LogP contribution in [0.5, 0.6) is 11.5 Å². The smallest absolute Gasteiger partial charge is 0.264 e. The molecule has 148 valence electrons. The Morgan fingerprint density at radius 3 is 2.89 bits per heavy atom. The first-order chi connectivity index (χ1) is 13.4. The Labute approximate surface area is 163 Å². The lowest BCUT2D eigenvalue weighted by molar-refractivity contribution is -0.130. The van der Waals surface area contributed by atoms with Crippen molar-refractivity contribution in [3.63, 3.8) is 0 Å². The van der Waals surface area contributed by atoms with Crippen molar-refractivity contribution < 1.29 is 22.7 Å². The molecule has 0 aliphatic carbocycles. The first-order valence-corrected chi connectivity index (χ1v) is 10.8. The second-order valence-electron chi connectivity index (χ2n) is 6.88. The summed E-state index contributed by atoms with van der Waals surface area (Å²) in [4.78, 5) is 16.9. The maximum atomic E-state index is 12.4. The number of hydrogen-bond acceptors (Lipinski definition) is 6. The van der Waals surface area contributed by atoms with Crippen molar-refractivity contribution in [2.24, 2.45) is 0 Å². The van der Waals surface area contributed by atoms with E-state index in [4.69, 9.17) is 9.47 Å². The van der Waals surface area contributed by atoms with E-state index in [1.54, 1.807) is 18.3 Å². The third kappa shape index (κ3) is 3.95. The van der Waals surface area contributed by atoms with Gasteiger partial charge in [-0.25, -0.2) is 8.42 Å². The van der Waals surface area contributed by atoms with E-state index in [1.807, 2.05) is 18.2 Å². The molecule has 2 aliphatic rings. The maximum Gasteiger partial charge on any atom is 0.264 e. The number of carbonyl (C=O) groups is 1. The SMILES string of the molecule is CS(=O)(=O)N1CCc2ncc(CNC(=O)C3COc4ccccc4O3)cc2C1. The van der Waals surface area contributed by atoms with Gasteiger partial charge < -0.3 is 14.8 Å². The lowest BCUT2D eigenvalue weighted by Crippen LogP contribution is -2.43. The van der Waals surface area contributed by atoms with Gasteiger partial charge in [0, 0.05) is 37.9 Å². The third-order valence-electron chi connectivity index (χ3n) is 4.80. The molecule has 1 atom stereocenters. The topological polar surface area (TPSA) is 97.8 Å². The van der Waals surface area contributed by atoms with E-state index < -0.39 is 16.1 Å². The molecule has 1 aromatic heterocycles. The molecule has 1 N–H and O–H groups in total. The van der Waals surface area contributed by atoms with Crippen LogP contribution in [0, 0.1) is 0 Å². The van der Waals surface area contributed by atoms with Gasteiger partial charge in [-0.3, -0.25) is 9.78 Å². The molecule has 0 fully saturated rings. The van der Waals surface area contributed by atoms with E-state index in [1.165, 1.54) is 10.6 Å². The van der Waals surface area contributed by atoms with E-state index >= 15 is 0 Å². The van der Waals surface area contributed by atoms with E-state index in [0.717, 1.165) is 16.8 Å². The standard InChI is InChI=1S/C19H21N3O5S/c1-28(24,25)22-7-6-15-14(11-22)8-13(9-20-15)10-21-19(23)18-12-26-16-4-2-3-5-17(16)27-18/h2-5,8-9,18H,6-7,10-12H2,1H3,(H,21,23). The summed E-state index contributed by atoms with van der Waals surface area (Å²) in [5.41, 5.74) is 2.57. The minimum Gasteiger partial charge on any atom is -0.485 e. The molecule has 2 aromatic rings. The molecule has 0 spiro atoms. The first kappa shape index (κ1) is 18.7. The average molecular weight is 403 g/mol. The van der Waals surface area contributed by atoms with Gasteiger partial charge in [-0.2, -0.15) is 4.31 Å². The number of carbonyl (C=O) groups excluding carboxylic acids is 1. The lowest BCUT2D eigenvalue weighted by Gasteiger charge is -2.27. The Morgan fingerprint density at radius 1 is 1.32 bits per heavy atom. The second kappa shape index (κ2) is 7.40. The lowest BCUT2D eigenvalue weighted by atomic mass is 10.1. The minimum absolute atomic E-state index is 0.147. The summed E-state index contributed by atoms with van der Waals surface area (Å²) in [6, 6.07) is 9.11. The molecular formula is C19H21N3O5S. The Bertz CT molecular complexity index is 1010. The van der Waals surface area contributed by atoms with Crippen molar-refractivity contribution in [1.82, 2.24) is 14.6 Å². The third-order valence-corrected chi connectivity index (χ3v) is 6.05. The highest BCUT2D eigenvalue weighted by Gasteiger charge is 2.27. The summed E-state index contributed by atoms with van der Waals surface area (Å²) >= 11 is 0. The molecule has 28 heavy (non-hydrogen) atoms. The number of aromatic nitrogens is 1. The van der Waals surface area contributed by atoms with Gasteiger partial charge in [0.2, 0.25) is 16.1 Å². The van der Waals surface area contributed by atoms with Crippen LogP contribution in [0.4, 0.5) is 0 Å². The van der Waals surface area contributed by atoms with Gasteiger partial charge in [0.25, 0.3) is 5.91 Å². The van der Waals surface area contributed by atoms with Crippen LogP contribution in [-0.2, 0) is 34.3 Å². The van der Waals surface area contributed by atoms with Gasteiger partial charge in [0.15, 0.2) is 11.5 Å². The van der Waals surface area contributed by atoms with E-state index in [0.29, 0.717) is 31.0 Å². The van der Waals surface area contributed by atoms with Gasteiger partial charge in [-0.1, -0.05) is 12.1 Å². The fraction of sp³-hybridized carbons (Fsp3) is 0.368. The van der Waals surface area contributed by atoms with Gasteiger partial charge in [-0.05, 0) is 29.3 Å². The Morgan fingerprint density at radius 2 is 2.11 bits per heavy atom. The van der Waals surface area contributed by atoms with E-state index in [2.05, 4.69) is 10.3 Å². The summed E-state index contributed by atoms with van der Waals surface area (Å²) in [6.45, 7) is 1.17. The van der Waals surface area contributed by atoms with Crippen molar-refractivity contribution in [3.05, 3.63) is 53.3 Å². The number of rotatable bonds is 4. The predicted octanol–water partition coefficient (Wildman–Crippen LogP) is 0.855. The number of pyridine rings is 1. The molecule has 1 unspecified atom stereocenters. The zero-order chi connectivity index (χ0) is 19.7. The molecule has 2 aliphatic heterocycles. The molecule has 1 aromatic carbocycles. The number of para-hydroxylation sites is 2. The molecule has 4 rings (SSSR count). The van der Waals surface area contributed by atoms with Crippen LogP contribution in [0.2, 0.25) is 0 Å². The van der Waals surface area contributed by atoms with Crippen LogP contribution in [0.1, 0.15) is 16.8 Å². The Balaban J connectivity index is 1.39. The zero-order valence-electron chi connectivity index (χ0n) is 15.4. The number of nitrogens with zero attached hydrogens (tertiary/aromatic N) is 2. The second-order valence-corrected chi connectivity index (χ2v) is 8.86. The van der Waals surface area contributed by atoms with E-state index in [9.17, 15) is 13.2 Å². The van der Waals surface area contributed by atoms with Crippen molar-refractivity contribution in [2.75, 3.05) is 19.4 Å². The molecular weight excluding hydrogens is 382 g/mol. The Kier molecular flexibility index (Phi) is 4.94. The van der Waals surface area contributed by atoms with Gasteiger partial charge >= 0.3 is 0 Å². The summed E-state index contributed by atoms with van der Waals surface area (Å²) < 4.78 is 36.3. The van der Waals surface area contributed by atoms with E-state index in [-0.39, 0.29) is 19.1 Å². The van der Waals surface area contributed by atoms with Crippen molar-refractivity contribution in [3.8, 4) is 11.5 Å². The number of hydrogen-bond donors (Lipinski definition) is 1. The molecule has 0 saturated heterocycles. The monoisotopic (exact) mass is 403 g/mol. The summed E-state index contributed by atoms with van der Waals surface area (Å²) in [6.07, 6.45) is 2.78. The van der Waals surface area contributed by atoms with Gasteiger partial charge in [-0.15, -0.1) is 0 Å². The molecule has 8 nitrogen and oxygen atoms in total. The molecule has 0 saturated carbocycles. The summed E-state index contributed by atoms with van der Waals surface area (Å²) in [5, 5.41) is 2.83. The number of benzene rings is 1. The van der Waals surface area contributed by atoms with Crippen molar-refractivity contribution >= 4 is 15.9 Å². The van der Waals surface area contributed by atoms with Crippen molar-refractivity contribution in [1.29, 1.82) is 0 Å². The predicted molar refractivity (Wildman–Crippen MR) is 101 cm³/mol. The van der Waals surface area contributed by atoms with Gasteiger partial charge in [0.1, 0.15) is 6.61 Å². The van der Waals surface area contributed by atoms with Gasteiger partial charge in [0.05, 0.1) is 6.26 Å². The minimum atomic E-state index is -3.24. The number of fused-ring (bicyclic) bond motifs is 2. The number of nitrogens with one attached hydrogen (secondary N) is 1. The quantitative estimate of drug-likeness (QED) is 0.813. The first-order valence-electron chi connectivity index (χ1n) is 8.98. The maximum absolute atomic E-state index is 12.4. The highest BCUT2D eigenvalue weighted by molar-refractivity contribution is 7.88. The number of amides is 1. The fourth-order valence-electron chi connectivity index (χ4n) is 3.28. The largest absolute Gasteiger partial charge is 0.485 e. The van der Waals surface area contributed by atoms with Crippen LogP contribution >= 0.6 is 0 Å². The highest BCUT2D eigenvalue weighted by atomic mass is 32.2. The van der Waals surface area contributed by atoms with Crippen LogP contribution in [0.3, 0.4) is 0 Å². The molecule has 0 bridgehead atoms. The zero-order valence-corrected chi connectivity index (χ0v) is 16.2. The van der Waals surface area contributed by atoms with Crippen molar-refractivity contribution in [2.45, 2.75) is 25.6 Å². The van der Waals surface area contributed by atoms with Crippen LogP contribution in [0.25, 0.3) is 0 Å². The van der Waals surface area contributed by atoms with Crippen LogP contribution in [-0.4, -0.2) is 49.1 Å². The average Bonchev–Trinajstić information content (AvgIpc) is 2.70. The molecule has 0 radical (unpaired) electrons. The summed E-state index contributed by atoms with van der Waals surface area (Å²) in [5.74, 6) is 0.899. The van der Waals surface area contributed by atoms with Crippen LogP contribution < -0.4 is 14.8 Å². The molecule has 9 heteroatoms. The fourth-order valence-corrected chi connectivity index (χ4v) is 4.08. The number of sulfonamides is 1. The molecule has 3 heterocycles. The summed E-state index contributed by atoms with van der Waals surface area (Å²) in [7, 11) is -3.24. The Hall–Kier alpha value is -2.65.